The molecule has 0 aromatic carbocycles. The molecule has 144 valence electrons. The molecule has 2 aromatic heterocycles. The van der Waals surface area contributed by atoms with Crippen LogP contribution >= 0.6 is 11.3 Å². The van der Waals surface area contributed by atoms with Crippen molar-refractivity contribution >= 4 is 33.6 Å². The summed E-state index contributed by atoms with van der Waals surface area (Å²) in [5.41, 5.74) is 14.2. The van der Waals surface area contributed by atoms with E-state index in [9.17, 15) is 4.79 Å². The predicted octanol–water partition coefficient (Wildman–Crippen LogP) is 2.96. The summed E-state index contributed by atoms with van der Waals surface area (Å²) in [6.45, 7) is 1.70. The van der Waals surface area contributed by atoms with Crippen LogP contribution in [0.1, 0.15) is 59.9 Å². The normalized spacial score (nSPS) is 20.8. The zero-order valence-electron chi connectivity index (χ0n) is 15.4. The smallest absolute Gasteiger partial charge is 0.277 e. The first kappa shape index (κ1) is 18.2. The quantitative estimate of drug-likeness (QED) is 0.745. The second kappa shape index (κ2) is 7.82. The largest absolute Gasteiger partial charge is 0.389 e. The van der Waals surface area contributed by atoms with Gasteiger partial charge in [-0.3, -0.25) is 9.78 Å². The second-order valence-electron chi connectivity index (χ2n) is 7.44. The van der Waals surface area contributed by atoms with E-state index in [2.05, 4.69) is 20.2 Å². The minimum atomic E-state index is -0.274. The molecule has 5 N–H and O–H groups in total. The van der Waals surface area contributed by atoms with Gasteiger partial charge in [0.2, 0.25) is 0 Å². The Bertz CT molecular complexity index is 816. The van der Waals surface area contributed by atoms with Gasteiger partial charge in [0.1, 0.15) is 5.00 Å². The van der Waals surface area contributed by atoms with Crippen LogP contribution in [0.2, 0.25) is 0 Å². The first-order valence-corrected chi connectivity index (χ1v) is 10.5. The lowest BCUT2D eigenvalue weighted by Gasteiger charge is -2.33. The molecule has 1 saturated heterocycles. The number of hydrogen-bond acceptors (Lipinski definition) is 7. The van der Waals surface area contributed by atoms with Gasteiger partial charge in [0.25, 0.3) is 5.91 Å². The summed E-state index contributed by atoms with van der Waals surface area (Å²) in [7, 11) is 0. The average molecular weight is 387 g/mol. The number of nitrogens with zero attached hydrogens (tertiary/aromatic N) is 3. The van der Waals surface area contributed by atoms with Gasteiger partial charge in [0, 0.05) is 31.2 Å². The van der Waals surface area contributed by atoms with E-state index in [1.807, 2.05) is 6.07 Å². The van der Waals surface area contributed by atoms with Gasteiger partial charge in [0.05, 0.1) is 22.6 Å². The molecule has 2 aromatic rings. The first-order chi connectivity index (χ1) is 13.1. The molecule has 0 spiro atoms. The number of piperidine rings is 1. The molecule has 27 heavy (non-hydrogen) atoms. The molecule has 1 amide bonds. The second-order valence-corrected chi connectivity index (χ2v) is 8.50. The van der Waals surface area contributed by atoms with E-state index in [-0.39, 0.29) is 11.9 Å². The highest BCUT2D eigenvalue weighted by molar-refractivity contribution is 7.16. The first-order valence-electron chi connectivity index (χ1n) is 9.64. The highest BCUT2D eigenvalue weighted by atomic mass is 32.1. The summed E-state index contributed by atoms with van der Waals surface area (Å²) < 4.78 is 0. The third-order valence-corrected chi connectivity index (χ3v) is 6.48. The third kappa shape index (κ3) is 3.91. The molecule has 1 atom stereocenters. The van der Waals surface area contributed by atoms with Crippen molar-refractivity contribution in [1.29, 1.82) is 0 Å². The van der Waals surface area contributed by atoms with Crippen molar-refractivity contribution in [2.45, 2.75) is 50.5 Å². The molecular weight excluding hydrogens is 360 g/mol. The SMILES string of the molecule is Nc1sc(C2CCCC2)nc1C(=O)Nc1cnccc1N1CCC[C@H](N)C1. The van der Waals surface area contributed by atoms with Crippen molar-refractivity contribution in [3.8, 4) is 0 Å². The predicted molar refractivity (Wildman–Crippen MR) is 109 cm³/mol. The van der Waals surface area contributed by atoms with E-state index in [1.165, 1.54) is 24.2 Å². The lowest BCUT2D eigenvalue weighted by molar-refractivity contribution is 0.102. The van der Waals surface area contributed by atoms with Crippen LogP contribution in [0, 0.1) is 0 Å². The summed E-state index contributed by atoms with van der Waals surface area (Å²) in [6.07, 6.45) is 10.2. The maximum absolute atomic E-state index is 12.8. The van der Waals surface area contributed by atoms with Crippen molar-refractivity contribution < 1.29 is 4.79 Å². The Morgan fingerprint density at radius 1 is 1.26 bits per heavy atom. The van der Waals surface area contributed by atoms with Crippen LogP contribution in [0.15, 0.2) is 18.5 Å². The standard InChI is InChI=1S/C19H26N6OS/c20-13-6-3-9-25(11-13)15-7-8-22-10-14(15)23-18(26)16-17(21)27-19(24-16)12-4-1-2-5-12/h7-8,10,12-13H,1-6,9,11,20-21H2,(H,23,26)/t13-/m0/s1. The molecule has 3 heterocycles. The van der Waals surface area contributed by atoms with E-state index in [0.29, 0.717) is 22.3 Å². The van der Waals surface area contributed by atoms with Crippen molar-refractivity contribution in [3.63, 3.8) is 0 Å². The number of carbonyl (C=O) groups is 1. The minimum absolute atomic E-state index is 0.152. The van der Waals surface area contributed by atoms with Gasteiger partial charge in [-0.05, 0) is 31.7 Å². The lowest BCUT2D eigenvalue weighted by atomic mass is 10.1. The highest BCUT2D eigenvalue weighted by Gasteiger charge is 2.25. The molecule has 1 aliphatic heterocycles. The molecule has 4 rings (SSSR count). The maximum atomic E-state index is 12.8. The van der Waals surface area contributed by atoms with Crippen molar-refractivity contribution in [1.82, 2.24) is 9.97 Å². The van der Waals surface area contributed by atoms with Crippen LogP contribution in [0.5, 0.6) is 0 Å². The Morgan fingerprint density at radius 2 is 2.07 bits per heavy atom. The molecule has 7 nitrogen and oxygen atoms in total. The molecular formula is C19H26N6OS. The Kier molecular flexibility index (Phi) is 5.27. The van der Waals surface area contributed by atoms with Gasteiger partial charge in [-0.25, -0.2) is 4.98 Å². The van der Waals surface area contributed by atoms with E-state index >= 15 is 0 Å². The van der Waals surface area contributed by atoms with Crippen LogP contribution in [0.4, 0.5) is 16.4 Å². The molecule has 1 aliphatic carbocycles. The van der Waals surface area contributed by atoms with Crippen LogP contribution in [-0.4, -0.2) is 35.0 Å². The average Bonchev–Trinajstić information content (AvgIpc) is 3.31. The fourth-order valence-electron chi connectivity index (χ4n) is 4.03. The molecule has 1 saturated carbocycles. The van der Waals surface area contributed by atoms with Gasteiger partial charge >= 0.3 is 0 Å². The number of pyridine rings is 1. The maximum Gasteiger partial charge on any atom is 0.277 e. The summed E-state index contributed by atoms with van der Waals surface area (Å²) >= 11 is 1.45. The number of thiazole rings is 1. The van der Waals surface area contributed by atoms with E-state index in [0.717, 1.165) is 49.5 Å². The van der Waals surface area contributed by atoms with Gasteiger partial charge in [-0.2, -0.15) is 0 Å². The number of rotatable bonds is 4. The summed E-state index contributed by atoms with van der Waals surface area (Å²) in [5, 5.41) is 4.44. The van der Waals surface area contributed by atoms with Crippen molar-refractivity contribution in [2.75, 3.05) is 29.0 Å². The lowest BCUT2D eigenvalue weighted by Crippen LogP contribution is -2.43. The van der Waals surface area contributed by atoms with E-state index in [1.54, 1.807) is 12.4 Å². The number of carbonyl (C=O) groups excluding carboxylic acids is 1. The number of anilines is 3. The number of nitrogens with two attached hydrogens (primary N) is 2. The highest BCUT2D eigenvalue weighted by Crippen LogP contribution is 2.38. The summed E-state index contributed by atoms with van der Waals surface area (Å²) in [4.78, 5) is 23.8. The van der Waals surface area contributed by atoms with Crippen LogP contribution in [-0.2, 0) is 0 Å². The monoisotopic (exact) mass is 386 g/mol. The number of nitrogens with one attached hydrogen (secondary N) is 1. The molecule has 2 fully saturated rings. The third-order valence-electron chi connectivity index (χ3n) is 5.43. The summed E-state index contributed by atoms with van der Waals surface area (Å²) in [6, 6.07) is 2.07. The molecule has 8 heteroatoms. The number of aromatic nitrogens is 2. The van der Waals surface area contributed by atoms with Crippen LogP contribution < -0.4 is 21.7 Å². The van der Waals surface area contributed by atoms with Gasteiger partial charge in [0.15, 0.2) is 5.69 Å². The number of hydrogen-bond donors (Lipinski definition) is 3. The summed E-state index contributed by atoms with van der Waals surface area (Å²) in [5.74, 6) is 0.172. The van der Waals surface area contributed by atoms with Gasteiger partial charge in [-0.1, -0.05) is 12.8 Å². The number of amides is 1. The fraction of sp³-hybridized carbons (Fsp3) is 0.526. The molecule has 0 bridgehead atoms. The molecule has 0 radical (unpaired) electrons. The fourth-order valence-corrected chi connectivity index (χ4v) is 5.03. The number of nitrogen functional groups attached to an aromatic ring is 1. The van der Waals surface area contributed by atoms with Crippen molar-refractivity contribution in [3.05, 3.63) is 29.2 Å². The molecule has 2 aliphatic rings. The topological polar surface area (TPSA) is 110 Å². The van der Waals surface area contributed by atoms with E-state index < -0.39 is 0 Å². The zero-order chi connectivity index (χ0) is 18.8. The Hall–Kier alpha value is -2.19. The minimum Gasteiger partial charge on any atom is -0.389 e. The Labute approximate surface area is 163 Å². The van der Waals surface area contributed by atoms with Gasteiger partial charge < -0.3 is 21.7 Å². The van der Waals surface area contributed by atoms with Crippen LogP contribution in [0.25, 0.3) is 0 Å². The van der Waals surface area contributed by atoms with E-state index in [4.69, 9.17) is 11.5 Å². The Morgan fingerprint density at radius 3 is 2.85 bits per heavy atom. The Balaban J connectivity index is 1.53. The van der Waals surface area contributed by atoms with Gasteiger partial charge in [-0.15, -0.1) is 11.3 Å². The van der Waals surface area contributed by atoms with Crippen LogP contribution in [0.3, 0.4) is 0 Å². The zero-order valence-corrected chi connectivity index (χ0v) is 16.2. The van der Waals surface area contributed by atoms with Crippen molar-refractivity contribution in [2.24, 2.45) is 5.73 Å². The molecule has 0 unspecified atom stereocenters.